The van der Waals surface area contributed by atoms with Crippen LogP contribution in [0.1, 0.15) is 19.8 Å². The van der Waals surface area contributed by atoms with Gasteiger partial charge in [0.25, 0.3) is 0 Å². The molecule has 2 amide bonds. The van der Waals surface area contributed by atoms with Crippen molar-refractivity contribution in [1.82, 2.24) is 9.80 Å². The Labute approximate surface area is 128 Å². The first-order valence-electron chi connectivity index (χ1n) is 6.91. The number of carboxylic acid groups (broad SMARTS) is 1. The summed E-state index contributed by atoms with van der Waals surface area (Å²) in [7, 11) is 1.28. The van der Waals surface area contributed by atoms with Crippen LogP contribution in [0, 0.1) is 0 Å². The molecule has 1 fully saturated rings. The van der Waals surface area contributed by atoms with Crippen molar-refractivity contribution in [3.63, 3.8) is 0 Å². The van der Waals surface area contributed by atoms with Crippen LogP contribution in [-0.2, 0) is 14.3 Å². The molecule has 0 aliphatic carbocycles. The van der Waals surface area contributed by atoms with E-state index in [-0.39, 0.29) is 25.0 Å². The van der Waals surface area contributed by atoms with Gasteiger partial charge in [-0.25, -0.2) is 4.79 Å². The van der Waals surface area contributed by atoms with E-state index in [2.05, 4.69) is 4.74 Å². The monoisotopic (exact) mass is 318 g/mol. The van der Waals surface area contributed by atoms with E-state index in [1.807, 2.05) is 6.92 Å². The number of thioether (sulfide) groups is 1. The van der Waals surface area contributed by atoms with Crippen molar-refractivity contribution in [2.75, 3.05) is 38.2 Å². The van der Waals surface area contributed by atoms with E-state index in [1.165, 1.54) is 12.0 Å². The van der Waals surface area contributed by atoms with Gasteiger partial charge < -0.3 is 19.6 Å². The van der Waals surface area contributed by atoms with Gasteiger partial charge in [-0.05, 0) is 6.42 Å². The van der Waals surface area contributed by atoms with Crippen LogP contribution in [-0.4, -0.2) is 77.2 Å². The Morgan fingerprint density at radius 2 is 2.14 bits per heavy atom. The third-order valence-electron chi connectivity index (χ3n) is 3.20. The zero-order valence-electron chi connectivity index (χ0n) is 12.4. The largest absolute Gasteiger partial charge is 0.481 e. The fourth-order valence-corrected chi connectivity index (χ4v) is 3.25. The number of nitrogens with zero attached hydrogens (tertiary/aromatic N) is 2. The van der Waals surface area contributed by atoms with E-state index in [9.17, 15) is 14.4 Å². The minimum Gasteiger partial charge on any atom is -0.481 e. The summed E-state index contributed by atoms with van der Waals surface area (Å²) in [5, 5.41) is 8.96. The number of carbonyl (C=O) groups is 3. The predicted octanol–water partition coefficient (Wildman–Crippen LogP) is 0.883. The Balaban J connectivity index is 2.78. The molecule has 0 radical (unpaired) electrons. The molecule has 0 saturated carbocycles. The molecule has 1 rings (SSSR count). The Kier molecular flexibility index (Phi) is 7.35. The number of aliphatic carboxylic acids is 1. The van der Waals surface area contributed by atoms with E-state index in [0.717, 1.165) is 12.2 Å². The quantitative estimate of drug-likeness (QED) is 0.732. The number of carboxylic acids is 1. The summed E-state index contributed by atoms with van der Waals surface area (Å²) in [6.45, 7) is 2.76. The van der Waals surface area contributed by atoms with Crippen molar-refractivity contribution in [3.8, 4) is 0 Å². The second kappa shape index (κ2) is 8.76. The third-order valence-corrected chi connectivity index (χ3v) is 4.29. The van der Waals surface area contributed by atoms with Crippen LogP contribution in [0.15, 0.2) is 0 Å². The van der Waals surface area contributed by atoms with Crippen LogP contribution in [0.3, 0.4) is 0 Å². The van der Waals surface area contributed by atoms with Crippen molar-refractivity contribution < 1.29 is 24.2 Å². The second-order valence-electron chi connectivity index (χ2n) is 4.80. The molecule has 21 heavy (non-hydrogen) atoms. The Hall–Kier alpha value is -1.44. The molecule has 1 saturated heterocycles. The zero-order chi connectivity index (χ0) is 15.8. The Morgan fingerprint density at radius 3 is 2.71 bits per heavy atom. The number of esters is 1. The van der Waals surface area contributed by atoms with Crippen LogP contribution >= 0.6 is 11.8 Å². The molecule has 8 heteroatoms. The molecule has 120 valence electrons. The van der Waals surface area contributed by atoms with E-state index >= 15 is 0 Å². The summed E-state index contributed by atoms with van der Waals surface area (Å²) >= 11 is 1.64. The Morgan fingerprint density at radius 1 is 1.43 bits per heavy atom. The molecule has 1 N–H and O–H groups in total. The first-order chi connectivity index (χ1) is 9.99. The average molecular weight is 318 g/mol. The standard InChI is InChI=1S/C13H22N2O5S/c1-3-4-14(8-12(18)20-2)13(19)15-5-6-21-9-10(15)7-11(16)17/h10H,3-9H2,1-2H3,(H,16,17). The number of rotatable bonds is 6. The number of hydrogen-bond donors (Lipinski definition) is 1. The highest BCUT2D eigenvalue weighted by atomic mass is 32.2. The molecule has 7 nitrogen and oxygen atoms in total. The minimum absolute atomic E-state index is 0.0725. The van der Waals surface area contributed by atoms with Crippen molar-refractivity contribution in [1.29, 1.82) is 0 Å². The number of ether oxygens (including phenoxy) is 1. The number of carbonyl (C=O) groups excluding carboxylic acids is 2. The van der Waals surface area contributed by atoms with E-state index < -0.39 is 11.9 Å². The maximum absolute atomic E-state index is 12.6. The molecule has 0 aromatic carbocycles. The lowest BCUT2D eigenvalue weighted by Gasteiger charge is -2.37. The average Bonchev–Trinajstić information content (AvgIpc) is 2.46. The molecule has 1 atom stereocenters. The van der Waals surface area contributed by atoms with Gasteiger partial charge in [-0.2, -0.15) is 11.8 Å². The topological polar surface area (TPSA) is 87.2 Å². The highest BCUT2D eigenvalue weighted by Gasteiger charge is 2.32. The van der Waals surface area contributed by atoms with Gasteiger partial charge >= 0.3 is 18.0 Å². The zero-order valence-corrected chi connectivity index (χ0v) is 13.2. The van der Waals surface area contributed by atoms with Crippen molar-refractivity contribution in [2.24, 2.45) is 0 Å². The maximum Gasteiger partial charge on any atom is 0.325 e. The lowest BCUT2D eigenvalue weighted by molar-refractivity contribution is -0.142. The van der Waals surface area contributed by atoms with Crippen molar-refractivity contribution in [2.45, 2.75) is 25.8 Å². The van der Waals surface area contributed by atoms with E-state index in [0.29, 0.717) is 18.8 Å². The number of hydrogen-bond acceptors (Lipinski definition) is 5. The SMILES string of the molecule is CCCN(CC(=O)OC)C(=O)N1CCSCC1CC(=O)O. The summed E-state index contributed by atoms with van der Waals surface area (Å²) in [6.07, 6.45) is 0.645. The van der Waals surface area contributed by atoms with Gasteiger partial charge in [0.2, 0.25) is 0 Å². The molecule has 0 spiro atoms. The molecular formula is C13H22N2O5S. The van der Waals surface area contributed by atoms with E-state index in [1.54, 1.807) is 16.7 Å². The van der Waals surface area contributed by atoms with Gasteiger partial charge in [-0.15, -0.1) is 0 Å². The van der Waals surface area contributed by atoms with Crippen LogP contribution in [0.4, 0.5) is 4.79 Å². The highest BCUT2D eigenvalue weighted by Crippen LogP contribution is 2.20. The van der Waals surface area contributed by atoms with Crippen molar-refractivity contribution >= 4 is 29.7 Å². The number of urea groups is 1. The molecule has 1 heterocycles. The summed E-state index contributed by atoms with van der Waals surface area (Å²) in [5.41, 5.74) is 0. The molecule has 0 aromatic heterocycles. The fourth-order valence-electron chi connectivity index (χ4n) is 2.19. The molecular weight excluding hydrogens is 296 g/mol. The second-order valence-corrected chi connectivity index (χ2v) is 5.95. The molecule has 1 aliphatic rings. The Bertz CT molecular complexity index is 391. The molecule has 0 bridgehead atoms. The number of methoxy groups -OCH3 is 1. The first kappa shape index (κ1) is 17.6. The smallest absolute Gasteiger partial charge is 0.325 e. The van der Waals surface area contributed by atoms with Gasteiger partial charge in [0.1, 0.15) is 6.54 Å². The van der Waals surface area contributed by atoms with Crippen LogP contribution in [0.2, 0.25) is 0 Å². The van der Waals surface area contributed by atoms with Gasteiger partial charge in [-0.1, -0.05) is 6.92 Å². The third kappa shape index (κ3) is 5.45. The summed E-state index contributed by atoms with van der Waals surface area (Å²) < 4.78 is 4.61. The van der Waals surface area contributed by atoms with E-state index in [4.69, 9.17) is 5.11 Å². The summed E-state index contributed by atoms with van der Waals surface area (Å²) in [6, 6.07) is -0.612. The summed E-state index contributed by atoms with van der Waals surface area (Å²) in [4.78, 5) is 37.9. The molecule has 1 aliphatic heterocycles. The summed E-state index contributed by atoms with van der Waals surface area (Å²) in [5.74, 6) is -0.00992. The van der Waals surface area contributed by atoms with Crippen molar-refractivity contribution in [3.05, 3.63) is 0 Å². The predicted molar refractivity (Wildman–Crippen MR) is 79.3 cm³/mol. The van der Waals surface area contributed by atoms with Gasteiger partial charge in [0.05, 0.1) is 19.6 Å². The van der Waals surface area contributed by atoms with Crippen LogP contribution < -0.4 is 0 Å². The first-order valence-corrected chi connectivity index (χ1v) is 8.07. The van der Waals surface area contributed by atoms with Crippen LogP contribution in [0.25, 0.3) is 0 Å². The lowest BCUT2D eigenvalue weighted by Crippen LogP contribution is -2.53. The normalized spacial score (nSPS) is 18.2. The maximum atomic E-state index is 12.6. The molecule has 1 unspecified atom stereocenters. The lowest BCUT2D eigenvalue weighted by atomic mass is 10.2. The van der Waals surface area contributed by atoms with Gasteiger partial charge in [0.15, 0.2) is 0 Å². The van der Waals surface area contributed by atoms with Gasteiger partial charge in [-0.3, -0.25) is 9.59 Å². The van der Waals surface area contributed by atoms with Gasteiger partial charge in [0, 0.05) is 24.6 Å². The highest BCUT2D eigenvalue weighted by molar-refractivity contribution is 7.99. The fraction of sp³-hybridized carbons (Fsp3) is 0.769. The minimum atomic E-state index is -0.921. The van der Waals surface area contributed by atoms with Crippen LogP contribution in [0.5, 0.6) is 0 Å². The number of amides is 2. The molecule has 0 aromatic rings.